The van der Waals surface area contributed by atoms with Gasteiger partial charge in [0.1, 0.15) is 12.1 Å². The molecule has 4 fully saturated rings. The predicted octanol–water partition coefficient (Wildman–Crippen LogP) is 5.68. The van der Waals surface area contributed by atoms with E-state index in [1.54, 1.807) is 9.80 Å². The zero-order valence-corrected chi connectivity index (χ0v) is 31.2. The molecule has 4 N–H and O–H groups in total. The Labute approximate surface area is 320 Å². The van der Waals surface area contributed by atoms with Crippen molar-refractivity contribution in [2.24, 2.45) is 0 Å². The molecule has 3 aromatic rings. The van der Waals surface area contributed by atoms with Gasteiger partial charge in [0, 0.05) is 41.9 Å². The normalized spacial score (nSPS) is 23.3. The second-order valence-corrected chi connectivity index (χ2v) is 15.8. The van der Waals surface area contributed by atoms with E-state index in [1.807, 2.05) is 103 Å². The lowest BCUT2D eigenvalue weighted by Crippen LogP contribution is -2.43. The zero-order chi connectivity index (χ0) is 37.4. The van der Waals surface area contributed by atoms with Gasteiger partial charge in [0.2, 0.25) is 23.6 Å². The van der Waals surface area contributed by atoms with Crippen LogP contribution >= 0.6 is 11.8 Å². The molecule has 0 saturated carbocycles. The van der Waals surface area contributed by atoms with Gasteiger partial charge in [-0.05, 0) is 79.5 Å². The number of likely N-dealkylation sites (tertiary alicyclic amines) is 2. The van der Waals surface area contributed by atoms with Crippen molar-refractivity contribution >= 4 is 64.9 Å². The summed E-state index contributed by atoms with van der Waals surface area (Å²) in [5, 5.41) is 12.4. The molecule has 3 aromatic carbocycles. The van der Waals surface area contributed by atoms with Crippen LogP contribution in [0.3, 0.4) is 0 Å². The Bertz CT molecular complexity index is 1850. The zero-order valence-electron chi connectivity index (χ0n) is 30.4. The summed E-state index contributed by atoms with van der Waals surface area (Å²) >= 11 is 1.88. The van der Waals surface area contributed by atoms with Crippen molar-refractivity contribution in [2.45, 2.75) is 87.2 Å². The molecule has 4 aliphatic heterocycles. The molecule has 0 bridgehead atoms. The Morgan fingerprint density at radius 2 is 1.30 bits per heavy atom. The number of benzene rings is 3. The van der Waals surface area contributed by atoms with Crippen molar-refractivity contribution in [1.29, 1.82) is 0 Å². The second kappa shape index (κ2) is 17.4. The molecule has 7 rings (SSSR count). The summed E-state index contributed by atoms with van der Waals surface area (Å²) in [7, 11) is 0. The van der Waals surface area contributed by atoms with Crippen LogP contribution in [0.1, 0.15) is 68.1 Å². The van der Waals surface area contributed by atoms with Crippen LogP contribution in [0, 0.1) is 0 Å². The highest BCUT2D eigenvalue weighted by atomic mass is 32.2. The number of amides is 6. The summed E-state index contributed by atoms with van der Waals surface area (Å²) in [6.45, 7) is 1.19. The van der Waals surface area contributed by atoms with Gasteiger partial charge in [-0.2, -0.15) is 11.8 Å². The van der Waals surface area contributed by atoms with E-state index in [2.05, 4.69) is 21.3 Å². The van der Waals surface area contributed by atoms with Crippen molar-refractivity contribution in [2.75, 3.05) is 29.5 Å². The molecule has 0 aliphatic carbocycles. The van der Waals surface area contributed by atoms with E-state index in [-0.39, 0.29) is 48.2 Å². The van der Waals surface area contributed by atoms with Crippen LogP contribution in [0.4, 0.5) is 16.2 Å². The lowest BCUT2D eigenvalue weighted by Gasteiger charge is -2.24. The highest BCUT2D eigenvalue weighted by Crippen LogP contribution is 2.33. The summed E-state index contributed by atoms with van der Waals surface area (Å²) in [6.07, 6.45) is 10.2. The van der Waals surface area contributed by atoms with Crippen LogP contribution in [0.2, 0.25) is 0 Å². The molecule has 0 aromatic heterocycles. The van der Waals surface area contributed by atoms with E-state index in [9.17, 15) is 24.0 Å². The van der Waals surface area contributed by atoms with Crippen LogP contribution in [-0.2, 0) is 25.6 Å². The second-order valence-electron chi connectivity index (χ2n) is 14.6. The fraction of sp³-hybridized carbons (Fsp3) is 0.405. The summed E-state index contributed by atoms with van der Waals surface area (Å²) in [5.74, 6) is 0.603. The number of carbonyl (C=O) groups excluding carboxylic acids is 5. The lowest BCUT2D eigenvalue weighted by atomic mass is 10.0. The first-order valence-corrected chi connectivity index (χ1v) is 20.2. The summed E-state index contributed by atoms with van der Waals surface area (Å²) < 4.78 is 0. The van der Waals surface area contributed by atoms with Crippen LogP contribution < -0.4 is 21.3 Å². The highest BCUT2D eigenvalue weighted by molar-refractivity contribution is 8.00. The standard InChI is InChI=1S/C42H48N6O5S/c49-37(13-5-4-12-36-39-33(27-54-36)45-42(53)46-39)47-24-6-10-34(47)40(51)43-31-20-16-28(17-21-31)14-15-29-18-22-32(23-19-29)44-41(52)35-11-7-25-48(35)38(50)26-30-8-2-1-3-9-30/h1-3,8-9,14-23,33-36,39H,4-7,10-13,24-27H2,(H,43,51)(H,44,52)(H2,45,46,53)/b15-14+/t33?,34-,35-,36-,39-/m0/s1. The summed E-state index contributed by atoms with van der Waals surface area (Å²) in [6, 6.07) is 24.1. The van der Waals surface area contributed by atoms with Crippen molar-refractivity contribution in [1.82, 2.24) is 20.4 Å². The van der Waals surface area contributed by atoms with Crippen LogP contribution in [0.15, 0.2) is 78.9 Å². The number of unbranched alkanes of at least 4 members (excludes halogenated alkanes) is 1. The van der Waals surface area contributed by atoms with Crippen LogP contribution in [-0.4, -0.2) is 87.7 Å². The molecule has 0 radical (unpaired) electrons. The number of urea groups is 1. The molecule has 54 heavy (non-hydrogen) atoms. The molecule has 12 heteroatoms. The molecular formula is C42H48N6O5S. The number of thioether (sulfide) groups is 1. The highest BCUT2D eigenvalue weighted by Gasteiger charge is 2.42. The van der Waals surface area contributed by atoms with Crippen molar-refractivity contribution in [3.8, 4) is 0 Å². The van der Waals surface area contributed by atoms with Gasteiger partial charge in [-0.25, -0.2) is 4.79 Å². The van der Waals surface area contributed by atoms with Gasteiger partial charge in [0.25, 0.3) is 0 Å². The largest absolute Gasteiger partial charge is 0.332 e. The maximum absolute atomic E-state index is 13.2. The third kappa shape index (κ3) is 9.15. The maximum Gasteiger partial charge on any atom is 0.315 e. The summed E-state index contributed by atoms with van der Waals surface area (Å²) in [5.41, 5.74) is 4.22. The minimum Gasteiger partial charge on any atom is -0.332 e. The molecule has 5 atom stereocenters. The van der Waals surface area contributed by atoms with Crippen molar-refractivity contribution < 1.29 is 24.0 Å². The van der Waals surface area contributed by atoms with E-state index < -0.39 is 12.1 Å². The van der Waals surface area contributed by atoms with Gasteiger partial charge in [-0.1, -0.05) is 73.2 Å². The lowest BCUT2D eigenvalue weighted by molar-refractivity contribution is -0.136. The van der Waals surface area contributed by atoms with Gasteiger partial charge >= 0.3 is 6.03 Å². The van der Waals surface area contributed by atoms with Crippen LogP contribution in [0.25, 0.3) is 12.2 Å². The van der Waals surface area contributed by atoms with Gasteiger partial charge < -0.3 is 31.1 Å². The van der Waals surface area contributed by atoms with Gasteiger partial charge in [-0.3, -0.25) is 19.2 Å². The molecule has 11 nitrogen and oxygen atoms in total. The topological polar surface area (TPSA) is 140 Å². The Balaban J connectivity index is 0.839. The molecule has 1 unspecified atom stereocenters. The monoisotopic (exact) mass is 748 g/mol. The first-order chi connectivity index (χ1) is 26.3. The predicted molar refractivity (Wildman–Crippen MR) is 213 cm³/mol. The molecule has 4 aliphatic rings. The molecule has 6 amide bonds. The summed E-state index contributed by atoms with van der Waals surface area (Å²) in [4.78, 5) is 67.5. The molecule has 4 saturated heterocycles. The fourth-order valence-electron chi connectivity index (χ4n) is 7.95. The quantitative estimate of drug-likeness (QED) is 0.101. The van der Waals surface area contributed by atoms with E-state index in [0.29, 0.717) is 49.0 Å². The van der Waals surface area contributed by atoms with E-state index >= 15 is 0 Å². The molecule has 4 heterocycles. The van der Waals surface area contributed by atoms with E-state index in [1.165, 1.54) is 0 Å². The molecular weight excluding hydrogens is 701 g/mol. The Morgan fingerprint density at radius 3 is 1.89 bits per heavy atom. The van der Waals surface area contributed by atoms with Gasteiger partial charge in [0.05, 0.1) is 18.5 Å². The molecule has 0 spiro atoms. The Hall–Kier alpha value is -5.10. The number of rotatable bonds is 13. The minimum atomic E-state index is -0.471. The first-order valence-electron chi connectivity index (χ1n) is 19.1. The first kappa shape index (κ1) is 37.2. The number of nitrogens with zero attached hydrogens (tertiary/aromatic N) is 2. The number of carbonyl (C=O) groups is 5. The maximum atomic E-state index is 13.2. The number of hydrogen-bond donors (Lipinski definition) is 4. The SMILES string of the molecule is O=C1NC2CS[C@@H](CCCCC(=O)N3CCC[C@H]3C(=O)Nc3ccc(/C=C/c4ccc(NC(=O)[C@@H]5CCCN5C(=O)Cc5ccccc5)cc4)cc3)[C@H]2N1. The van der Waals surface area contributed by atoms with Crippen LogP contribution in [0.5, 0.6) is 0 Å². The number of hydrogen-bond acceptors (Lipinski definition) is 6. The Morgan fingerprint density at radius 1 is 0.722 bits per heavy atom. The van der Waals surface area contributed by atoms with E-state index in [4.69, 9.17) is 0 Å². The molecule has 282 valence electrons. The third-order valence-electron chi connectivity index (χ3n) is 10.8. The smallest absolute Gasteiger partial charge is 0.315 e. The average molecular weight is 749 g/mol. The number of fused-ring (bicyclic) bond motifs is 1. The van der Waals surface area contributed by atoms with Crippen molar-refractivity contribution in [3.05, 3.63) is 95.6 Å². The minimum absolute atomic E-state index is 0.0298. The van der Waals surface area contributed by atoms with E-state index in [0.717, 1.165) is 54.5 Å². The number of anilines is 2. The van der Waals surface area contributed by atoms with Gasteiger partial charge in [-0.15, -0.1) is 0 Å². The number of nitrogens with one attached hydrogen (secondary N) is 4. The Kier molecular flexibility index (Phi) is 12.0. The van der Waals surface area contributed by atoms with Gasteiger partial charge in [0.15, 0.2) is 0 Å². The third-order valence-corrected chi connectivity index (χ3v) is 12.4. The van der Waals surface area contributed by atoms with Crippen molar-refractivity contribution in [3.63, 3.8) is 0 Å². The average Bonchev–Trinajstić information content (AvgIpc) is 4.00. The fourth-order valence-corrected chi connectivity index (χ4v) is 9.50.